The largest absolute Gasteiger partial charge is 0.476 e. The summed E-state index contributed by atoms with van der Waals surface area (Å²) < 4.78 is 11.5. The maximum absolute atomic E-state index is 11.1. The van der Waals surface area contributed by atoms with Gasteiger partial charge in [-0.3, -0.25) is 0 Å². The molecule has 1 rings (SSSR count). The van der Waals surface area contributed by atoms with Crippen LogP contribution in [0.5, 0.6) is 11.9 Å². The van der Waals surface area contributed by atoms with Crippen molar-refractivity contribution in [2.75, 3.05) is 17.5 Å². The van der Waals surface area contributed by atoms with E-state index in [1.165, 1.54) is 0 Å². The van der Waals surface area contributed by atoms with Gasteiger partial charge < -0.3 is 15.2 Å². The molecule has 0 bridgehead atoms. The summed E-state index contributed by atoms with van der Waals surface area (Å²) in [5.41, 5.74) is 5.97. The zero-order valence-electron chi connectivity index (χ0n) is 10.5. The zero-order valence-corrected chi connectivity index (χ0v) is 11.4. The number of ether oxygens (including phenoxy) is 2. The van der Waals surface area contributed by atoms with E-state index in [-0.39, 0.29) is 11.9 Å². The number of carbonyl (C=O) groups excluding carboxylic acids is 1. The van der Waals surface area contributed by atoms with E-state index in [1.807, 2.05) is 6.92 Å². The first-order valence-corrected chi connectivity index (χ1v) is 5.83. The van der Waals surface area contributed by atoms with Gasteiger partial charge in [-0.15, -0.1) is 0 Å². The van der Waals surface area contributed by atoms with Crippen molar-refractivity contribution in [3.63, 3.8) is 0 Å². The van der Waals surface area contributed by atoms with Gasteiger partial charge >= 0.3 is 12.0 Å². The van der Waals surface area contributed by atoms with Crippen LogP contribution in [0.2, 0.25) is 0 Å². The summed E-state index contributed by atoms with van der Waals surface area (Å²) in [6.07, 6.45) is 0. The van der Waals surface area contributed by atoms with Crippen LogP contribution in [0.4, 0.5) is 10.5 Å². The van der Waals surface area contributed by atoms with Crippen molar-refractivity contribution in [3.05, 3.63) is 5.69 Å². The van der Waals surface area contributed by atoms with Crippen LogP contribution in [-0.4, -0.2) is 29.2 Å². The Hall–Kier alpha value is -1.70. The lowest BCUT2D eigenvalue weighted by Crippen LogP contribution is -2.28. The number of nitrogens with zero attached hydrogens (tertiary/aromatic N) is 3. The molecule has 7 nitrogen and oxygen atoms in total. The Morgan fingerprint density at radius 3 is 2.44 bits per heavy atom. The minimum Gasteiger partial charge on any atom is -0.476 e. The first-order chi connectivity index (χ1) is 8.51. The van der Waals surface area contributed by atoms with E-state index in [1.54, 1.807) is 13.8 Å². The standard InChI is InChI=1S/C10H16N4O3S/c1-4-16-8-7(14(18)9(11)15)6(3)12-10(13-8)17-5-2/h18H,4-5H2,1-3H3,(H2,11,15). The third-order valence-corrected chi connectivity index (χ3v) is 2.38. The average Bonchev–Trinajstić information content (AvgIpc) is 2.28. The first kappa shape index (κ1) is 14.4. The minimum absolute atomic E-state index is 0.188. The molecule has 0 saturated carbocycles. The van der Waals surface area contributed by atoms with Crippen molar-refractivity contribution in [1.29, 1.82) is 0 Å². The van der Waals surface area contributed by atoms with Gasteiger partial charge in [-0.25, -0.2) is 9.10 Å². The fourth-order valence-electron chi connectivity index (χ4n) is 1.30. The smallest absolute Gasteiger partial charge is 0.329 e. The van der Waals surface area contributed by atoms with Crippen LogP contribution < -0.4 is 19.5 Å². The molecule has 0 aliphatic rings. The lowest BCUT2D eigenvalue weighted by molar-refractivity contribution is 0.256. The number of aromatic nitrogens is 2. The fourth-order valence-corrected chi connectivity index (χ4v) is 1.53. The van der Waals surface area contributed by atoms with Gasteiger partial charge in [0.05, 0.1) is 18.9 Å². The predicted octanol–water partition coefficient (Wildman–Crippen LogP) is 1.31. The second-order valence-electron chi connectivity index (χ2n) is 3.26. The molecule has 0 spiro atoms. The molecule has 100 valence electrons. The van der Waals surface area contributed by atoms with Gasteiger partial charge in [-0.2, -0.15) is 9.97 Å². The number of carbonyl (C=O) groups is 1. The highest BCUT2D eigenvalue weighted by Gasteiger charge is 2.21. The zero-order chi connectivity index (χ0) is 13.7. The molecule has 1 aromatic heterocycles. The van der Waals surface area contributed by atoms with Crippen LogP contribution in [0.15, 0.2) is 0 Å². The third-order valence-electron chi connectivity index (χ3n) is 1.98. The van der Waals surface area contributed by atoms with E-state index in [4.69, 9.17) is 15.2 Å². The van der Waals surface area contributed by atoms with E-state index >= 15 is 0 Å². The SMILES string of the molecule is CCOc1nc(C)c(N(S)C(N)=O)c(OCC)n1. The lowest BCUT2D eigenvalue weighted by atomic mass is 10.3. The normalized spacial score (nSPS) is 10.0. The molecule has 0 aliphatic carbocycles. The van der Waals surface area contributed by atoms with Crippen LogP contribution in [0.1, 0.15) is 19.5 Å². The molecule has 1 aromatic rings. The number of primary amides is 1. The number of urea groups is 1. The van der Waals surface area contributed by atoms with Gasteiger partial charge in [0, 0.05) is 0 Å². The van der Waals surface area contributed by atoms with Crippen LogP contribution in [0, 0.1) is 6.92 Å². The second kappa shape index (κ2) is 6.29. The summed E-state index contributed by atoms with van der Waals surface area (Å²) in [6.45, 7) is 6.13. The Morgan fingerprint density at radius 2 is 1.94 bits per heavy atom. The number of rotatable bonds is 5. The van der Waals surface area contributed by atoms with E-state index in [0.717, 1.165) is 4.31 Å². The molecular weight excluding hydrogens is 256 g/mol. The highest BCUT2D eigenvalue weighted by atomic mass is 32.1. The summed E-state index contributed by atoms with van der Waals surface area (Å²) >= 11 is 3.99. The Morgan fingerprint density at radius 1 is 1.33 bits per heavy atom. The number of hydrogen-bond donors (Lipinski definition) is 2. The highest BCUT2D eigenvalue weighted by molar-refractivity contribution is 7.82. The average molecular weight is 272 g/mol. The van der Waals surface area contributed by atoms with Crippen molar-refractivity contribution in [2.45, 2.75) is 20.8 Å². The van der Waals surface area contributed by atoms with Crippen molar-refractivity contribution < 1.29 is 14.3 Å². The van der Waals surface area contributed by atoms with E-state index < -0.39 is 6.03 Å². The molecule has 0 radical (unpaired) electrons. The van der Waals surface area contributed by atoms with Crippen molar-refractivity contribution in [3.8, 4) is 11.9 Å². The Labute approximate surface area is 111 Å². The van der Waals surface area contributed by atoms with E-state index in [0.29, 0.717) is 24.6 Å². The van der Waals surface area contributed by atoms with Crippen LogP contribution in [-0.2, 0) is 0 Å². The third kappa shape index (κ3) is 3.16. The minimum atomic E-state index is -0.741. The summed E-state index contributed by atoms with van der Waals surface area (Å²) in [5, 5.41) is 0. The fraction of sp³-hybridized carbons (Fsp3) is 0.500. The van der Waals surface area contributed by atoms with Crippen molar-refractivity contribution in [2.24, 2.45) is 5.73 Å². The first-order valence-electron chi connectivity index (χ1n) is 5.43. The van der Waals surface area contributed by atoms with Crippen LogP contribution >= 0.6 is 12.8 Å². The highest BCUT2D eigenvalue weighted by Crippen LogP contribution is 2.32. The molecule has 18 heavy (non-hydrogen) atoms. The predicted molar refractivity (Wildman–Crippen MR) is 70.2 cm³/mol. The summed E-state index contributed by atoms with van der Waals surface area (Å²) in [7, 11) is 0. The maximum atomic E-state index is 11.1. The molecule has 0 saturated heterocycles. The molecule has 1 heterocycles. The van der Waals surface area contributed by atoms with Gasteiger partial charge in [0.15, 0.2) is 0 Å². The number of aryl methyl sites for hydroxylation is 1. The number of thiol groups is 1. The van der Waals surface area contributed by atoms with Crippen LogP contribution in [0.25, 0.3) is 0 Å². The topological polar surface area (TPSA) is 90.6 Å². The Bertz CT molecular complexity index is 441. The van der Waals surface area contributed by atoms with Crippen LogP contribution in [0.3, 0.4) is 0 Å². The van der Waals surface area contributed by atoms with Gasteiger partial charge in [-0.1, -0.05) is 12.8 Å². The molecule has 2 N–H and O–H groups in total. The number of anilines is 1. The number of amides is 2. The molecule has 0 fully saturated rings. The Balaban J connectivity index is 3.26. The van der Waals surface area contributed by atoms with Gasteiger partial charge in [0.2, 0.25) is 5.88 Å². The van der Waals surface area contributed by atoms with Crippen molar-refractivity contribution >= 4 is 24.5 Å². The molecule has 0 aliphatic heterocycles. The summed E-state index contributed by atoms with van der Waals surface area (Å²) in [4.78, 5) is 19.3. The lowest BCUT2D eigenvalue weighted by Gasteiger charge is -2.18. The van der Waals surface area contributed by atoms with Gasteiger partial charge in [0.1, 0.15) is 5.69 Å². The Kier molecular flexibility index (Phi) is 5.02. The maximum Gasteiger partial charge on any atom is 0.329 e. The summed E-state index contributed by atoms with van der Waals surface area (Å²) in [5.74, 6) is 0.210. The summed E-state index contributed by atoms with van der Waals surface area (Å²) in [6, 6.07) is -0.552. The number of hydrogen-bond acceptors (Lipinski definition) is 6. The molecule has 0 unspecified atom stereocenters. The van der Waals surface area contributed by atoms with Gasteiger partial charge in [-0.05, 0) is 20.8 Å². The number of nitrogens with two attached hydrogens (primary N) is 1. The molecular formula is C10H16N4O3S. The molecule has 0 atom stereocenters. The van der Waals surface area contributed by atoms with Crippen molar-refractivity contribution in [1.82, 2.24) is 9.97 Å². The van der Waals surface area contributed by atoms with E-state index in [2.05, 4.69) is 22.8 Å². The molecule has 0 aromatic carbocycles. The quantitative estimate of drug-likeness (QED) is 0.789. The monoisotopic (exact) mass is 272 g/mol. The second-order valence-corrected chi connectivity index (χ2v) is 3.66. The van der Waals surface area contributed by atoms with Gasteiger partial charge in [0.25, 0.3) is 0 Å². The molecule has 2 amide bonds. The molecule has 8 heteroatoms. The van der Waals surface area contributed by atoms with E-state index in [9.17, 15) is 4.79 Å².